The van der Waals surface area contributed by atoms with E-state index in [4.69, 9.17) is 14.6 Å². The van der Waals surface area contributed by atoms with Crippen molar-refractivity contribution in [2.45, 2.75) is 38.8 Å². The molecule has 1 aromatic rings. The number of ether oxygens (including phenoxy) is 2. The Morgan fingerprint density at radius 2 is 2.04 bits per heavy atom. The minimum Gasteiger partial charge on any atom is -0.381 e. The van der Waals surface area contributed by atoms with Crippen molar-refractivity contribution in [2.24, 2.45) is 5.92 Å². The molecule has 144 valence electrons. The second kappa shape index (κ2) is 8.50. The summed E-state index contributed by atoms with van der Waals surface area (Å²) in [6.45, 7) is 8.77. The van der Waals surface area contributed by atoms with Gasteiger partial charge in [0.05, 0.1) is 31.1 Å². The zero-order chi connectivity index (χ0) is 17.8. The van der Waals surface area contributed by atoms with E-state index in [1.54, 1.807) is 0 Å². The number of nitrogens with zero attached hydrogens (tertiary/aromatic N) is 4. The van der Waals surface area contributed by atoms with E-state index in [0.29, 0.717) is 19.6 Å². The van der Waals surface area contributed by atoms with Crippen LogP contribution in [-0.4, -0.2) is 78.1 Å². The quantitative estimate of drug-likeness (QED) is 0.753. The average Bonchev–Trinajstić information content (AvgIpc) is 3.34. The van der Waals surface area contributed by atoms with Crippen molar-refractivity contribution in [2.75, 3.05) is 52.6 Å². The van der Waals surface area contributed by atoms with Crippen LogP contribution in [0.5, 0.6) is 0 Å². The van der Waals surface area contributed by atoms with Crippen LogP contribution in [0.3, 0.4) is 0 Å². The zero-order valence-electron chi connectivity index (χ0n) is 15.6. The number of morpholine rings is 1. The Hall–Kier alpha value is -1.44. The molecule has 26 heavy (non-hydrogen) atoms. The fourth-order valence-corrected chi connectivity index (χ4v) is 4.08. The minimum atomic E-state index is 0.222. The van der Waals surface area contributed by atoms with Crippen LogP contribution in [0, 0.1) is 5.92 Å². The maximum Gasteiger partial charge on any atom is 0.223 e. The molecular formula is C19H30N4O3. The van der Waals surface area contributed by atoms with Crippen molar-refractivity contribution in [1.29, 1.82) is 0 Å². The molecule has 0 N–H and O–H groups in total. The van der Waals surface area contributed by atoms with Gasteiger partial charge in [-0.25, -0.2) is 0 Å². The van der Waals surface area contributed by atoms with Gasteiger partial charge in [-0.3, -0.25) is 14.4 Å². The lowest BCUT2D eigenvalue weighted by Crippen LogP contribution is -2.40. The third-order valence-electron chi connectivity index (χ3n) is 5.76. The van der Waals surface area contributed by atoms with Gasteiger partial charge in [0.25, 0.3) is 0 Å². The minimum absolute atomic E-state index is 0.222. The van der Waals surface area contributed by atoms with Gasteiger partial charge in [0.15, 0.2) is 0 Å². The first-order valence-corrected chi connectivity index (χ1v) is 9.99. The molecule has 0 aromatic carbocycles. The predicted molar refractivity (Wildman–Crippen MR) is 96.8 cm³/mol. The van der Waals surface area contributed by atoms with E-state index >= 15 is 0 Å². The van der Waals surface area contributed by atoms with Gasteiger partial charge in [0.2, 0.25) is 5.91 Å². The predicted octanol–water partition coefficient (Wildman–Crippen LogP) is 0.917. The van der Waals surface area contributed by atoms with Gasteiger partial charge in [-0.1, -0.05) is 0 Å². The fourth-order valence-electron chi connectivity index (χ4n) is 4.08. The highest BCUT2D eigenvalue weighted by Gasteiger charge is 2.22. The number of aromatic nitrogens is 2. The van der Waals surface area contributed by atoms with E-state index in [2.05, 4.69) is 15.6 Å². The number of carbonyl (C=O) groups is 1. The highest BCUT2D eigenvalue weighted by molar-refractivity contribution is 5.76. The first kappa shape index (κ1) is 17.9. The SMILES string of the molecule is O=C(CCc1cc2n(n1)CCN(CC[C@@H]1CCOC1)C2)N1CCOCC1. The van der Waals surface area contributed by atoms with E-state index in [9.17, 15) is 4.79 Å². The lowest BCUT2D eigenvalue weighted by atomic mass is 10.0. The Kier molecular flexibility index (Phi) is 5.87. The second-order valence-corrected chi connectivity index (χ2v) is 7.64. The number of fused-ring (bicyclic) bond motifs is 1. The van der Waals surface area contributed by atoms with Gasteiger partial charge in [0, 0.05) is 52.2 Å². The van der Waals surface area contributed by atoms with Crippen molar-refractivity contribution < 1.29 is 14.3 Å². The summed E-state index contributed by atoms with van der Waals surface area (Å²) in [6, 6.07) is 2.19. The monoisotopic (exact) mass is 362 g/mol. The molecule has 0 aliphatic carbocycles. The van der Waals surface area contributed by atoms with Crippen LogP contribution in [0.15, 0.2) is 6.07 Å². The van der Waals surface area contributed by atoms with Crippen LogP contribution < -0.4 is 0 Å². The highest BCUT2D eigenvalue weighted by Crippen LogP contribution is 2.20. The summed E-state index contributed by atoms with van der Waals surface area (Å²) in [5.41, 5.74) is 2.33. The molecule has 4 rings (SSSR count). The summed E-state index contributed by atoms with van der Waals surface area (Å²) in [6.07, 6.45) is 3.72. The molecule has 1 amide bonds. The Morgan fingerprint density at radius 1 is 1.15 bits per heavy atom. The normalized spacial score (nSPS) is 24.0. The summed E-state index contributed by atoms with van der Waals surface area (Å²) < 4.78 is 12.9. The highest BCUT2D eigenvalue weighted by atomic mass is 16.5. The van der Waals surface area contributed by atoms with E-state index in [-0.39, 0.29) is 5.91 Å². The maximum absolute atomic E-state index is 12.3. The number of amides is 1. The van der Waals surface area contributed by atoms with Crippen LogP contribution in [0.2, 0.25) is 0 Å². The van der Waals surface area contributed by atoms with E-state index in [0.717, 1.165) is 70.5 Å². The fraction of sp³-hybridized carbons (Fsp3) is 0.789. The van der Waals surface area contributed by atoms with Crippen molar-refractivity contribution >= 4 is 5.91 Å². The summed E-state index contributed by atoms with van der Waals surface area (Å²) in [7, 11) is 0. The molecule has 0 unspecified atom stereocenters. The van der Waals surface area contributed by atoms with Crippen LogP contribution in [0.25, 0.3) is 0 Å². The van der Waals surface area contributed by atoms with Crippen molar-refractivity contribution in [3.8, 4) is 0 Å². The van der Waals surface area contributed by atoms with Crippen molar-refractivity contribution in [3.63, 3.8) is 0 Å². The van der Waals surface area contributed by atoms with E-state index in [1.165, 1.54) is 18.5 Å². The largest absolute Gasteiger partial charge is 0.381 e. The molecule has 2 fully saturated rings. The molecule has 3 aliphatic heterocycles. The van der Waals surface area contributed by atoms with Gasteiger partial charge >= 0.3 is 0 Å². The number of rotatable bonds is 6. The first-order chi connectivity index (χ1) is 12.8. The van der Waals surface area contributed by atoms with Gasteiger partial charge in [-0.2, -0.15) is 5.10 Å². The summed E-state index contributed by atoms with van der Waals surface area (Å²) >= 11 is 0. The van der Waals surface area contributed by atoms with Gasteiger partial charge in [0.1, 0.15) is 0 Å². The first-order valence-electron chi connectivity index (χ1n) is 9.99. The molecule has 1 aromatic heterocycles. The molecule has 4 heterocycles. The molecule has 1 atom stereocenters. The van der Waals surface area contributed by atoms with Crippen LogP contribution in [0.4, 0.5) is 0 Å². The molecule has 0 saturated carbocycles. The topological polar surface area (TPSA) is 59.8 Å². The van der Waals surface area contributed by atoms with Crippen molar-refractivity contribution in [1.82, 2.24) is 19.6 Å². The molecular weight excluding hydrogens is 332 g/mol. The Morgan fingerprint density at radius 3 is 2.85 bits per heavy atom. The van der Waals surface area contributed by atoms with Gasteiger partial charge in [-0.05, 0) is 31.4 Å². The molecule has 0 spiro atoms. The van der Waals surface area contributed by atoms with Crippen molar-refractivity contribution in [3.05, 3.63) is 17.5 Å². The van der Waals surface area contributed by atoms with Crippen LogP contribution >= 0.6 is 0 Å². The smallest absolute Gasteiger partial charge is 0.223 e. The Balaban J connectivity index is 1.25. The summed E-state index contributed by atoms with van der Waals surface area (Å²) in [5, 5.41) is 4.71. The van der Waals surface area contributed by atoms with Gasteiger partial charge in [-0.15, -0.1) is 0 Å². The molecule has 7 heteroatoms. The molecule has 2 saturated heterocycles. The Bertz CT molecular complexity index is 606. The van der Waals surface area contributed by atoms with Crippen LogP contribution in [-0.2, 0) is 33.8 Å². The standard InChI is InChI=1S/C19H30N4O3/c24-19(22-8-11-25-12-9-22)2-1-17-13-18-14-21(6-7-23(18)20-17)5-3-16-4-10-26-15-16/h13,16H,1-12,14-15H2/t16-/m1/s1. The van der Waals surface area contributed by atoms with E-state index in [1.807, 2.05) is 4.90 Å². The lowest BCUT2D eigenvalue weighted by Gasteiger charge is -2.28. The number of hydrogen-bond donors (Lipinski definition) is 0. The van der Waals surface area contributed by atoms with E-state index < -0.39 is 0 Å². The number of carbonyl (C=O) groups excluding carboxylic acids is 1. The third kappa shape index (κ3) is 4.45. The Labute approximate surface area is 155 Å². The third-order valence-corrected chi connectivity index (χ3v) is 5.76. The molecule has 0 radical (unpaired) electrons. The lowest BCUT2D eigenvalue weighted by molar-refractivity contribution is -0.135. The summed E-state index contributed by atoms with van der Waals surface area (Å²) in [5.74, 6) is 0.961. The maximum atomic E-state index is 12.3. The number of aryl methyl sites for hydroxylation is 1. The summed E-state index contributed by atoms with van der Waals surface area (Å²) in [4.78, 5) is 16.7. The second-order valence-electron chi connectivity index (χ2n) is 7.64. The van der Waals surface area contributed by atoms with Crippen LogP contribution in [0.1, 0.15) is 30.7 Å². The molecule has 0 bridgehead atoms. The molecule has 7 nitrogen and oxygen atoms in total. The number of hydrogen-bond acceptors (Lipinski definition) is 5. The molecule has 3 aliphatic rings. The average molecular weight is 362 g/mol. The van der Waals surface area contributed by atoms with Gasteiger partial charge < -0.3 is 14.4 Å². The zero-order valence-corrected chi connectivity index (χ0v) is 15.6.